The second kappa shape index (κ2) is 7.07. The van der Waals surface area contributed by atoms with Crippen molar-refractivity contribution in [3.63, 3.8) is 0 Å². The summed E-state index contributed by atoms with van der Waals surface area (Å²) in [7, 11) is 0. The Morgan fingerprint density at radius 2 is 2.14 bits per heavy atom. The molecule has 22 heavy (non-hydrogen) atoms. The number of morpholine rings is 1. The van der Waals surface area contributed by atoms with E-state index in [-0.39, 0.29) is 17.8 Å². The number of carbonyl (C=O) groups is 1. The lowest BCUT2D eigenvalue weighted by molar-refractivity contribution is -0.130. The Morgan fingerprint density at radius 3 is 2.82 bits per heavy atom. The van der Waals surface area contributed by atoms with Crippen molar-refractivity contribution in [2.75, 3.05) is 37.8 Å². The zero-order valence-corrected chi connectivity index (χ0v) is 12.5. The van der Waals surface area contributed by atoms with Crippen LogP contribution in [0.1, 0.15) is 18.4 Å². The number of nitrogens with zero attached hydrogens (tertiary/aromatic N) is 1. The Hall–Kier alpha value is -1.66. The first-order valence-electron chi connectivity index (χ1n) is 7.74. The van der Waals surface area contributed by atoms with Gasteiger partial charge < -0.3 is 19.7 Å². The van der Waals surface area contributed by atoms with E-state index in [1.54, 1.807) is 6.07 Å². The molecule has 0 saturated carbocycles. The Kier molecular flexibility index (Phi) is 4.90. The Morgan fingerprint density at radius 1 is 1.32 bits per heavy atom. The van der Waals surface area contributed by atoms with Crippen LogP contribution in [0.3, 0.4) is 0 Å². The lowest BCUT2D eigenvalue weighted by atomic mass is 10.1. The summed E-state index contributed by atoms with van der Waals surface area (Å²) < 4.78 is 24.8. The van der Waals surface area contributed by atoms with Crippen LogP contribution in [0.2, 0.25) is 0 Å². The molecule has 0 aliphatic carbocycles. The molecule has 0 radical (unpaired) electrons. The normalized spacial score (nSPS) is 21.9. The van der Waals surface area contributed by atoms with Crippen molar-refractivity contribution in [1.82, 2.24) is 5.32 Å². The summed E-state index contributed by atoms with van der Waals surface area (Å²) in [5.74, 6) is -0.374. The van der Waals surface area contributed by atoms with Crippen molar-refractivity contribution in [2.45, 2.75) is 25.5 Å². The first-order chi connectivity index (χ1) is 10.7. The third-order valence-electron chi connectivity index (χ3n) is 4.05. The van der Waals surface area contributed by atoms with Gasteiger partial charge in [0.15, 0.2) is 0 Å². The van der Waals surface area contributed by atoms with Crippen molar-refractivity contribution in [2.24, 2.45) is 0 Å². The molecule has 1 atom stereocenters. The highest BCUT2D eigenvalue weighted by molar-refractivity contribution is 5.80. The van der Waals surface area contributed by atoms with Gasteiger partial charge in [-0.15, -0.1) is 0 Å². The predicted octanol–water partition coefficient (Wildman–Crippen LogP) is 1.46. The molecule has 2 saturated heterocycles. The van der Waals surface area contributed by atoms with Crippen molar-refractivity contribution >= 4 is 11.6 Å². The molecule has 2 aliphatic heterocycles. The molecule has 1 amide bonds. The minimum Gasteiger partial charge on any atom is -0.378 e. The summed E-state index contributed by atoms with van der Waals surface area (Å²) >= 11 is 0. The molecule has 120 valence electrons. The largest absolute Gasteiger partial charge is 0.378 e. The van der Waals surface area contributed by atoms with Crippen molar-refractivity contribution in [3.8, 4) is 0 Å². The molecule has 3 rings (SSSR count). The van der Waals surface area contributed by atoms with Crippen LogP contribution in [0, 0.1) is 5.82 Å². The summed E-state index contributed by atoms with van der Waals surface area (Å²) in [5, 5.41) is 2.80. The highest BCUT2D eigenvalue weighted by Gasteiger charge is 2.23. The number of amides is 1. The Bertz CT molecular complexity index is 526. The molecular weight excluding hydrogens is 287 g/mol. The fourth-order valence-corrected chi connectivity index (χ4v) is 2.81. The van der Waals surface area contributed by atoms with Crippen LogP contribution >= 0.6 is 0 Å². The third-order valence-corrected chi connectivity index (χ3v) is 4.05. The zero-order chi connectivity index (χ0) is 15.4. The Balaban J connectivity index is 1.58. The number of rotatable bonds is 4. The van der Waals surface area contributed by atoms with Crippen LogP contribution in [0.4, 0.5) is 10.1 Å². The van der Waals surface area contributed by atoms with Crippen LogP contribution in [-0.4, -0.2) is 44.9 Å². The summed E-state index contributed by atoms with van der Waals surface area (Å²) in [4.78, 5) is 13.8. The van der Waals surface area contributed by atoms with E-state index in [9.17, 15) is 9.18 Å². The van der Waals surface area contributed by atoms with Crippen molar-refractivity contribution in [3.05, 3.63) is 29.6 Å². The van der Waals surface area contributed by atoms with E-state index in [4.69, 9.17) is 9.47 Å². The molecular formula is C16H21FN2O3. The maximum Gasteiger partial charge on any atom is 0.249 e. The number of nitrogens with one attached hydrogen (secondary N) is 1. The average Bonchev–Trinajstić information content (AvgIpc) is 3.08. The number of hydrogen-bond donors (Lipinski definition) is 1. The van der Waals surface area contributed by atoms with E-state index < -0.39 is 0 Å². The molecule has 2 fully saturated rings. The van der Waals surface area contributed by atoms with E-state index in [2.05, 4.69) is 5.32 Å². The van der Waals surface area contributed by atoms with E-state index in [0.29, 0.717) is 45.1 Å². The van der Waals surface area contributed by atoms with Gasteiger partial charge in [-0.05, 0) is 30.5 Å². The summed E-state index contributed by atoms with van der Waals surface area (Å²) in [6, 6.07) is 5.11. The molecule has 2 aliphatic rings. The maximum absolute atomic E-state index is 14.2. The molecule has 0 bridgehead atoms. The second-order valence-electron chi connectivity index (χ2n) is 5.60. The van der Waals surface area contributed by atoms with Gasteiger partial charge in [-0.1, -0.05) is 6.07 Å². The maximum atomic E-state index is 14.2. The fraction of sp³-hybridized carbons (Fsp3) is 0.562. The standard InChI is InChI=1S/C16H21FN2O3/c17-13-10-12(11-18-16(20)15-2-1-7-22-15)3-4-14(13)19-5-8-21-9-6-19/h3-4,10,15H,1-2,5-9,11H2,(H,18,20). The topological polar surface area (TPSA) is 50.8 Å². The van der Waals surface area contributed by atoms with E-state index in [1.165, 1.54) is 6.07 Å². The summed E-state index contributed by atoms with van der Waals surface area (Å²) in [6.07, 6.45) is 1.33. The molecule has 6 heteroatoms. The quantitative estimate of drug-likeness (QED) is 0.915. The number of benzene rings is 1. The van der Waals surface area contributed by atoms with Gasteiger partial charge >= 0.3 is 0 Å². The highest BCUT2D eigenvalue weighted by Crippen LogP contribution is 2.21. The fourth-order valence-electron chi connectivity index (χ4n) is 2.81. The monoisotopic (exact) mass is 308 g/mol. The lowest BCUT2D eigenvalue weighted by Crippen LogP contribution is -2.36. The first kappa shape index (κ1) is 15.2. The minimum absolute atomic E-state index is 0.116. The number of halogens is 1. The molecule has 5 nitrogen and oxygen atoms in total. The van der Waals surface area contributed by atoms with Crippen molar-refractivity contribution in [1.29, 1.82) is 0 Å². The van der Waals surface area contributed by atoms with Crippen LogP contribution in [-0.2, 0) is 20.8 Å². The van der Waals surface area contributed by atoms with Crippen LogP contribution < -0.4 is 10.2 Å². The van der Waals surface area contributed by atoms with E-state index in [0.717, 1.165) is 18.4 Å². The molecule has 2 heterocycles. The minimum atomic E-state index is -0.350. The van der Waals surface area contributed by atoms with Crippen LogP contribution in [0.5, 0.6) is 0 Å². The summed E-state index contributed by atoms with van der Waals surface area (Å²) in [6.45, 7) is 3.61. The smallest absolute Gasteiger partial charge is 0.249 e. The molecule has 0 spiro atoms. The lowest BCUT2D eigenvalue weighted by Gasteiger charge is -2.29. The number of anilines is 1. The summed E-state index contributed by atoms with van der Waals surface area (Å²) in [5.41, 5.74) is 1.35. The van der Waals surface area contributed by atoms with Gasteiger partial charge in [0.1, 0.15) is 11.9 Å². The van der Waals surface area contributed by atoms with E-state index in [1.807, 2.05) is 11.0 Å². The van der Waals surface area contributed by atoms with Crippen LogP contribution in [0.15, 0.2) is 18.2 Å². The zero-order valence-electron chi connectivity index (χ0n) is 12.5. The van der Waals surface area contributed by atoms with Gasteiger partial charge in [-0.2, -0.15) is 0 Å². The molecule has 1 aromatic rings. The first-order valence-corrected chi connectivity index (χ1v) is 7.74. The second-order valence-corrected chi connectivity index (χ2v) is 5.60. The van der Waals surface area contributed by atoms with Gasteiger partial charge in [-0.3, -0.25) is 4.79 Å². The van der Waals surface area contributed by atoms with Gasteiger partial charge in [0.05, 0.1) is 18.9 Å². The van der Waals surface area contributed by atoms with E-state index >= 15 is 0 Å². The molecule has 1 N–H and O–H groups in total. The van der Waals surface area contributed by atoms with Crippen molar-refractivity contribution < 1.29 is 18.7 Å². The van der Waals surface area contributed by atoms with Crippen LogP contribution in [0.25, 0.3) is 0 Å². The number of hydrogen-bond acceptors (Lipinski definition) is 4. The predicted molar refractivity (Wildman–Crippen MR) is 80.3 cm³/mol. The van der Waals surface area contributed by atoms with Gasteiger partial charge in [0.2, 0.25) is 5.91 Å². The van der Waals surface area contributed by atoms with Gasteiger partial charge in [0.25, 0.3) is 0 Å². The van der Waals surface area contributed by atoms with Gasteiger partial charge in [0, 0.05) is 26.2 Å². The Labute approximate surface area is 129 Å². The molecule has 1 unspecified atom stereocenters. The highest BCUT2D eigenvalue weighted by atomic mass is 19.1. The molecule has 1 aromatic carbocycles. The average molecular weight is 308 g/mol. The number of carbonyl (C=O) groups excluding carboxylic acids is 1. The molecule has 0 aromatic heterocycles. The SMILES string of the molecule is O=C(NCc1ccc(N2CCOCC2)c(F)c1)C1CCCO1. The van der Waals surface area contributed by atoms with Gasteiger partial charge in [-0.25, -0.2) is 4.39 Å². The third kappa shape index (κ3) is 3.56. The number of ether oxygens (including phenoxy) is 2.